The molecule has 1 amide bonds. The highest BCUT2D eigenvalue weighted by molar-refractivity contribution is 7.92. The maximum absolute atomic E-state index is 12.6. The molecule has 1 fully saturated rings. The fraction of sp³-hybridized carbons (Fsp3) is 0.294. The maximum Gasteiger partial charge on any atom is 0.501 e. The molecule has 0 aliphatic carbocycles. The molecule has 3 rings (SSSR count). The van der Waals surface area contributed by atoms with Gasteiger partial charge in [-0.05, 0) is 43.2 Å². The van der Waals surface area contributed by atoms with E-state index in [1.54, 1.807) is 0 Å². The van der Waals surface area contributed by atoms with E-state index in [1.807, 2.05) is 4.90 Å². The fourth-order valence-electron chi connectivity index (χ4n) is 2.77. The Kier molecular flexibility index (Phi) is 5.53. The van der Waals surface area contributed by atoms with Gasteiger partial charge in [-0.1, -0.05) is 11.6 Å². The summed E-state index contributed by atoms with van der Waals surface area (Å²) < 4.78 is 60.4. The minimum absolute atomic E-state index is 0.130. The van der Waals surface area contributed by atoms with Crippen molar-refractivity contribution in [3.63, 3.8) is 0 Å². The Morgan fingerprint density at radius 1 is 1.14 bits per heavy atom. The Labute approximate surface area is 164 Å². The molecule has 0 atom stereocenters. The van der Waals surface area contributed by atoms with Gasteiger partial charge in [0.05, 0.1) is 15.5 Å². The van der Waals surface area contributed by atoms with E-state index in [9.17, 15) is 26.4 Å². The number of alkyl halides is 3. The van der Waals surface area contributed by atoms with E-state index in [2.05, 4.69) is 10.3 Å². The quantitative estimate of drug-likeness (QED) is 0.791. The minimum Gasteiger partial charge on any atom is -0.355 e. The van der Waals surface area contributed by atoms with E-state index >= 15 is 0 Å². The Bertz CT molecular complexity index is 989. The molecule has 1 aromatic carbocycles. The molecule has 1 saturated heterocycles. The fourth-order valence-corrected chi connectivity index (χ4v) is 3.82. The van der Waals surface area contributed by atoms with Crippen molar-refractivity contribution in [2.75, 3.05) is 23.3 Å². The van der Waals surface area contributed by atoms with Crippen LogP contribution < -0.4 is 10.2 Å². The van der Waals surface area contributed by atoms with Crippen molar-refractivity contribution in [1.29, 1.82) is 0 Å². The average Bonchev–Trinajstić information content (AvgIpc) is 3.15. The summed E-state index contributed by atoms with van der Waals surface area (Å²) in [5.41, 5.74) is -5.09. The zero-order chi connectivity index (χ0) is 20.5. The van der Waals surface area contributed by atoms with Gasteiger partial charge in [0.2, 0.25) is 0 Å². The van der Waals surface area contributed by atoms with Crippen LogP contribution in [-0.2, 0) is 9.84 Å². The topological polar surface area (TPSA) is 79.4 Å². The average molecular weight is 434 g/mol. The van der Waals surface area contributed by atoms with E-state index in [1.165, 1.54) is 12.3 Å². The molecule has 11 heteroatoms. The molecular weight excluding hydrogens is 419 g/mol. The predicted octanol–water partition coefficient (Wildman–Crippen LogP) is 3.88. The van der Waals surface area contributed by atoms with Gasteiger partial charge in [-0.15, -0.1) is 0 Å². The van der Waals surface area contributed by atoms with Crippen molar-refractivity contribution in [3.05, 3.63) is 47.1 Å². The normalized spacial score (nSPS) is 14.9. The highest BCUT2D eigenvalue weighted by Gasteiger charge is 2.46. The van der Waals surface area contributed by atoms with Gasteiger partial charge in [-0.3, -0.25) is 4.79 Å². The zero-order valence-corrected chi connectivity index (χ0v) is 15.9. The summed E-state index contributed by atoms with van der Waals surface area (Å²) in [6, 6.07) is 5.16. The SMILES string of the molecule is O=C(Nc1ccc(S(=O)(=O)C(F)(F)F)cc1)c1cnc(N2CCCC2)c(Cl)c1. The summed E-state index contributed by atoms with van der Waals surface area (Å²) in [4.78, 5) is 17.7. The van der Waals surface area contributed by atoms with Gasteiger partial charge in [-0.25, -0.2) is 13.4 Å². The molecule has 28 heavy (non-hydrogen) atoms. The molecule has 0 bridgehead atoms. The largest absolute Gasteiger partial charge is 0.501 e. The van der Waals surface area contributed by atoms with Crippen molar-refractivity contribution in [3.8, 4) is 0 Å². The number of halogens is 4. The zero-order valence-electron chi connectivity index (χ0n) is 14.3. The molecule has 6 nitrogen and oxygen atoms in total. The number of hydrogen-bond donors (Lipinski definition) is 1. The van der Waals surface area contributed by atoms with Crippen molar-refractivity contribution < 1.29 is 26.4 Å². The number of rotatable bonds is 4. The van der Waals surface area contributed by atoms with E-state index in [0.717, 1.165) is 50.2 Å². The molecule has 0 unspecified atom stereocenters. The first-order chi connectivity index (χ1) is 13.1. The Morgan fingerprint density at radius 2 is 1.75 bits per heavy atom. The summed E-state index contributed by atoms with van der Waals surface area (Å²) >= 11 is 6.21. The van der Waals surface area contributed by atoms with Gasteiger partial charge < -0.3 is 10.2 Å². The highest BCUT2D eigenvalue weighted by Crippen LogP contribution is 2.31. The highest BCUT2D eigenvalue weighted by atomic mass is 35.5. The molecule has 0 spiro atoms. The number of carbonyl (C=O) groups excluding carboxylic acids is 1. The lowest BCUT2D eigenvalue weighted by molar-refractivity contribution is -0.0436. The number of sulfone groups is 1. The van der Waals surface area contributed by atoms with Crippen LogP contribution in [0.1, 0.15) is 23.2 Å². The van der Waals surface area contributed by atoms with Crippen LogP contribution >= 0.6 is 11.6 Å². The molecule has 2 heterocycles. The van der Waals surface area contributed by atoms with Crippen LogP contribution in [0.3, 0.4) is 0 Å². The van der Waals surface area contributed by atoms with Crippen LogP contribution in [0.4, 0.5) is 24.7 Å². The second-order valence-electron chi connectivity index (χ2n) is 6.15. The predicted molar refractivity (Wildman–Crippen MR) is 98.3 cm³/mol. The molecule has 2 aromatic rings. The number of hydrogen-bond acceptors (Lipinski definition) is 5. The number of anilines is 2. The standard InChI is InChI=1S/C17H15ClF3N3O3S/c18-14-9-11(10-22-15(14)24-7-1-2-8-24)16(25)23-12-3-5-13(6-4-12)28(26,27)17(19,20)21/h3-6,9-10H,1-2,7-8H2,(H,23,25). The van der Waals surface area contributed by atoms with Crippen molar-refractivity contribution in [2.24, 2.45) is 0 Å². The number of benzene rings is 1. The summed E-state index contributed by atoms with van der Waals surface area (Å²) in [6.07, 6.45) is 3.44. The molecule has 0 radical (unpaired) electrons. The van der Waals surface area contributed by atoms with Crippen LogP contribution in [0.25, 0.3) is 0 Å². The van der Waals surface area contributed by atoms with Crippen molar-refractivity contribution in [2.45, 2.75) is 23.2 Å². The third kappa shape index (κ3) is 4.07. The first-order valence-corrected chi connectivity index (χ1v) is 10.1. The van der Waals surface area contributed by atoms with Crippen molar-refractivity contribution >= 4 is 38.9 Å². The Morgan fingerprint density at radius 3 is 2.29 bits per heavy atom. The van der Waals surface area contributed by atoms with Gasteiger partial charge in [0.1, 0.15) is 5.82 Å². The second kappa shape index (κ2) is 7.59. The van der Waals surface area contributed by atoms with Crippen LogP contribution in [0.2, 0.25) is 5.02 Å². The Hall–Kier alpha value is -2.33. The van der Waals surface area contributed by atoms with Crippen LogP contribution in [0, 0.1) is 0 Å². The smallest absolute Gasteiger partial charge is 0.355 e. The van der Waals surface area contributed by atoms with Gasteiger partial charge >= 0.3 is 5.51 Å². The lowest BCUT2D eigenvalue weighted by Crippen LogP contribution is -2.23. The van der Waals surface area contributed by atoms with E-state index in [-0.39, 0.29) is 11.3 Å². The van der Waals surface area contributed by atoms with Gasteiger partial charge in [0, 0.05) is 25.0 Å². The van der Waals surface area contributed by atoms with E-state index < -0.39 is 26.1 Å². The summed E-state index contributed by atoms with van der Waals surface area (Å²) in [5.74, 6) is 0.0197. The molecule has 150 valence electrons. The molecule has 1 aliphatic heterocycles. The number of amides is 1. The van der Waals surface area contributed by atoms with Crippen molar-refractivity contribution in [1.82, 2.24) is 4.98 Å². The van der Waals surface area contributed by atoms with Crippen LogP contribution in [0.5, 0.6) is 0 Å². The third-order valence-corrected chi connectivity index (χ3v) is 6.00. The maximum atomic E-state index is 12.6. The summed E-state index contributed by atoms with van der Waals surface area (Å²) in [5, 5.41) is 2.79. The van der Waals surface area contributed by atoms with Crippen LogP contribution in [0.15, 0.2) is 41.4 Å². The number of aromatic nitrogens is 1. The number of pyridine rings is 1. The molecule has 0 saturated carbocycles. The number of nitrogens with zero attached hydrogens (tertiary/aromatic N) is 2. The van der Waals surface area contributed by atoms with E-state index in [4.69, 9.17) is 11.6 Å². The minimum atomic E-state index is -5.44. The van der Waals surface area contributed by atoms with Gasteiger partial charge in [0.15, 0.2) is 0 Å². The summed E-state index contributed by atoms with van der Waals surface area (Å²) in [7, 11) is -5.44. The lowest BCUT2D eigenvalue weighted by Gasteiger charge is -2.18. The monoisotopic (exact) mass is 433 g/mol. The molecular formula is C17H15ClF3N3O3S. The van der Waals surface area contributed by atoms with Gasteiger partial charge in [0.25, 0.3) is 15.7 Å². The first-order valence-electron chi connectivity index (χ1n) is 8.23. The van der Waals surface area contributed by atoms with Gasteiger partial charge in [-0.2, -0.15) is 13.2 Å². The summed E-state index contributed by atoms with van der Waals surface area (Å²) in [6.45, 7) is 1.68. The Balaban J connectivity index is 1.74. The first kappa shape index (κ1) is 20.4. The van der Waals surface area contributed by atoms with Crippen LogP contribution in [-0.4, -0.2) is 37.9 Å². The lowest BCUT2D eigenvalue weighted by atomic mass is 10.2. The molecule has 1 aliphatic rings. The molecule has 1 N–H and O–H groups in total. The number of nitrogens with one attached hydrogen (secondary N) is 1. The second-order valence-corrected chi connectivity index (χ2v) is 8.50. The number of carbonyl (C=O) groups is 1. The van der Waals surface area contributed by atoms with E-state index in [0.29, 0.717) is 10.8 Å². The third-order valence-electron chi connectivity index (χ3n) is 4.22. The molecule has 1 aromatic heterocycles.